The molecule has 1 fully saturated rings. The number of anilines is 3. The fraction of sp³-hybridized carbons (Fsp3) is 0.412. The number of hydrogen-bond acceptors (Lipinski definition) is 4. The van der Waals surface area contributed by atoms with Crippen LogP contribution in [0.4, 0.5) is 21.7 Å². The Morgan fingerprint density at radius 2 is 2.00 bits per heavy atom. The van der Waals surface area contributed by atoms with E-state index < -0.39 is 0 Å². The van der Waals surface area contributed by atoms with Gasteiger partial charge in [0.2, 0.25) is 0 Å². The van der Waals surface area contributed by atoms with E-state index in [9.17, 15) is 4.39 Å². The Hall–Kier alpha value is -2.17. The van der Waals surface area contributed by atoms with E-state index in [4.69, 9.17) is 0 Å². The van der Waals surface area contributed by atoms with Crippen molar-refractivity contribution in [3.8, 4) is 0 Å². The third-order valence-electron chi connectivity index (χ3n) is 3.92. The lowest BCUT2D eigenvalue weighted by Crippen LogP contribution is -2.35. The average molecular weight is 300 g/mol. The SMILES string of the molecule is Cc1nc(Nc2ccc(F)cc2)cc(N2CCCC(C)C2)n1. The largest absolute Gasteiger partial charge is 0.356 e. The summed E-state index contributed by atoms with van der Waals surface area (Å²) >= 11 is 0. The number of nitrogens with one attached hydrogen (secondary N) is 1. The zero-order chi connectivity index (χ0) is 15.5. The second-order valence-corrected chi connectivity index (χ2v) is 5.98. The Morgan fingerprint density at radius 1 is 1.23 bits per heavy atom. The molecule has 0 amide bonds. The molecular weight excluding hydrogens is 279 g/mol. The van der Waals surface area contributed by atoms with Crippen LogP contribution in [0, 0.1) is 18.7 Å². The van der Waals surface area contributed by atoms with E-state index in [0.29, 0.717) is 5.92 Å². The smallest absolute Gasteiger partial charge is 0.136 e. The molecule has 1 aliphatic rings. The van der Waals surface area contributed by atoms with E-state index in [0.717, 1.165) is 36.2 Å². The zero-order valence-corrected chi connectivity index (χ0v) is 13.0. The lowest BCUT2D eigenvalue weighted by atomic mass is 10.0. The molecule has 0 saturated carbocycles. The maximum Gasteiger partial charge on any atom is 0.136 e. The predicted octanol–water partition coefficient (Wildman–Crippen LogP) is 3.90. The summed E-state index contributed by atoms with van der Waals surface area (Å²) in [7, 11) is 0. The van der Waals surface area contributed by atoms with E-state index in [-0.39, 0.29) is 5.82 Å². The molecule has 1 N–H and O–H groups in total. The monoisotopic (exact) mass is 300 g/mol. The molecule has 0 radical (unpaired) electrons. The van der Waals surface area contributed by atoms with Gasteiger partial charge in [-0.1, -0.05) is 6.92 Å². The van der Waals surface area contributed by atoms with E-state index in [1.165, 1.54) is 25.0 Å². The van der Waals surface area contributed by atoms with Crippen LogP contribution in [-0.4, -0.2) is 23.1 Å². The molecule has 1 unspecified atom stereocenters. The fourth-order valence-corrected chi connectivity index (χ4v) is 2.86. The average Bonchev–Trinajstić information content (AvgIpc) is 2.49. The van der Waals surface area contributed by atoms with E-state index in [2.05, 4.69) is 27.1 Å². The second-order valence-electron chi connectivity index (χ2n) is 5.98. The molecule has 1 aliphatic heterocycles. The highest BCUT2D eigenvalue weighted by Crippen LogP contribution is 2.24. The maximum atomic E-state index is 13.0. The number of nitrogens with zero attached hydrogens (tertiary/aromatic N) is 3. The van der Waals surface area contributed by atoms with Crippen molar-refractivity contribution >= 4 is 17.3 Å². The molecule has 1 saturated heterocycles. The minimum Gasteiger partial charge on any atom is -0.356 e. The number of rotatable bonds is 3. The van der Waals surface area contributed by atoms with Gasteiger partial charge in [-0.2, -0.15) is 0 Å². The van der Waals surface area contributed by atoms with Crippen LogP contribution in [0.3, 0.4) is 0 Å². The molecule has 22 heavy (non-hydrogen) atoms. The highest BCUT2D eigenvalue weighted by molar-refractivity contribution is 5.59. The Labute approximate surface area is 130 Å². The molecule has 0 bridgehead atoms. The molecular formula is C17H21FN4. The Bertz CT molecular complexity index is 642. The minimum absolute atomic E-state index is 0.243. The third-order valence-corrected chi connectivity index (χ3v) is 3.92. The van der Waals surface area contributed by atoms with Crippen molar-refractivity contribution in [2.24, 2.45) is 5.92 Å². The molecule has 0 spiro atoms. The van der Waals surface area contributed by atoms with Gasteiger partial charge in [-0.25, -0.2) is 14.4 Å². The Kier molecular flexibility index (Phi) is 4.22. The standard InChI is InChI=1S/C17H21FN4/c1-12-4-3-9-22(11-12)17-10-16(19-13(2)20-17)21-15-7-5-14(18)6-8-15/h5-8,10,12H,3-4,9,11H2,1-2H3,(H,19,20,21). The van der Waals surface area contributed by atoms with Crippen LogP contribution in [0.2, 0.25) is 0 Å². The van der Waals surface area contributed by atoms with Crippen molar-refractivity contribution < 1.29 is 4.39 Å². The van der Waals surface area contributed by atoms with Gasteiger partial charge in [-0.3, -0.25) is 0 Å². The summed E-state index contributed by atoms with van der Waals surface area (Å²) in [5, 5.41) is 3.22. The van der Waals surface area contributed by atoms with Crippen LogP contribution >= 0.6 is 0 Å². The van der Waals surface area contributed by atoms with Gasteiger partial charge in [0.1, 0.15) is 23.3 Å². The van der Waals surface area contributed by atoms with Gasteiger partial charge in [0.05, 0.1) is 0 Å². The van der Waals surface area contributed by atoms with Gasteiger partial charge in [0.25, 0.3) is 0 Å². The molecule has 5 heteroatoms. The van der Waals surface area contributed by atoms with Crippen LogP contribution in [0.15, 0.2) is 30.3 Å². The van der Waals surface area contributed by atoms with Crippen molar-refractivity contribution in [1.29, 1.82) is 0 Å². The number of piperidine rings is 1. The molecule has 2 heterocycles. The highest BCUT2D eigenvalue weighted by Gasteiger charge is 2.18. The molecule has 4 nitrogen and oxygen atoms in total. The summed E-state index contributed by atoms with van der Waals surface area (Å²) in [5.74, 6) is 2.89. The van der Waals surface area contributed by atoms with Gasteiger partial charge < -0.3 is 10.2 Å². The molecule has 2 aromatic rings. The summed E-state index contributed by atoms with van der Waals surface area (Å²) in [6, 6.07) is 8.24. The Morgan fingerprint density at radius 3 is 2.73 bits per heavy atom. The van der Waals surface area contributed by atoms with Crippen LogP contribution < -0.4 is 10.2 Å². The quantitative estimate of drug-likeness (QED) is 0.933. The van der Waals surface area contributed by atoms with Crippen LogP contribution in [0.1, 0.15) is 25.6 Å². The number of hydrogen-bond donors (Lipinski definition) is 1. The lowest BCUT2D eigenvalue weighted by molar-refractivity contribution is 0.444. The molecule has 3 rings (SSSR count). The first kappa shape index (κ1) is 14.8. The summed E-state index contributed by atoms with van der Waals surface area (Å²) in [4.78, 5) is 11.3. The lowest BCUT2D eigenvalue weighted by Gasteiger charge is -2.32. The van der Waals surface area contributed by atoms with E-state index in [1.807, 2.05) is 13.0 Å². The fourth-order valence-electron chi connectivity index (χ4n) is 2.86. The van der Waals surface area contributed by atoms with Gasteiger partial charge in [-0.05, 0) is 49.9 Å². The summed E-state index contributed by atoms with van der Waals surface area (Å²) in [6.07, 6.45) is 2.48. The summed E-state index contributed by atoms with van der Waals surface area (Å²) in [5.41, 5.74) is 0.817. The van der Waals surface area contributed by atoms with Crippen molar-refractivity contribution in [2.45, 2.75) is 26.7 Å². The molecule has 116 valence electrons. The van der Waals surface area contributed by atoms with Crippen molar-refractivity contribution in [3.63, 3.8) is 0 Å². The normalized spacial score (nSPS) is 18.3. The van der Waals surface area contributed by atoms with Crippen LogP contribution in [0.25, 0.3) is 0 Å². The van der Waals surface area contributed by atoms with Gasteiger partial charge in [-0.15, -0.1) is 0 Å². The van der Waals surface area contributed by atoms with Crippen LogP contribution in [0.5, 0.6) is 0 Å². The van der Waals surface area contributed by atoms with Crippen molar-refractivity contribution in [1.82, 2.24) is 9.97 Å². The molecule has 1 atom stereocenters. The Balaban J connectivity index is 1.81. The first-order valence-electron chi connectivity index (χ1n) is 7.73. The number of halogens is 1. The third kappa shape index (κ3) is 3.53. The molecule has 1 aromatic carbocycles. The number of benzene rings is 1. The van der Waals surface area contributed by atoms with E-state index in [1.54, 1.807) is 12.1 Å². The first-order chi connectivity index (χ1) is 10.6. The molecule has 1 aromatic heterocycles. The summed E-state index contributed by atoms with van der Waals surface area (Å²) in [6.45, 7) is 6.24. The topological polar surface area (TPSA) is 41.1 Å². The predicted molar refractivity (Wildman–Crippen MR) is 87.1 cm³/mol. The van der Waals surface area contributed by atoms with Gasteiger partial charge in [0, 0.05) is 24.8 Å². The number of aryl methyl sites for hydroxylation is 1. The summed E-state index contributed by atoms with van der Waals surface area (Å²) < 4.78 is 13.0. The zero-order valence-electron chi connectivity index (χ0n) is 13.0. The first-order valence-corrected chi connectivity index (χ1v) is 7.73. The van der Waals surface area contributed by atoms with Crippen molar-refractivity contribution in [2.75, 3.05) is 23.3 Å². The van der Waals surface area contributed by atoms with Gasteiger partial charge in [0.15, 0.2) is 0 Å². The van der Waals surface area contributed by atoms with Gasteiger partial charge >= 0.3 is 0 Å². The number of aromatic nitrogens is 2. The van der Waals surface area contributed by atoms with E-state index >= 15 is 0 Å². The van der Waals surface area contributed by atoms with Crippen molar-refractivity contribution in [3.05, 3.63) is 42.0 Å². The minimum atomic E-state index is -0.243. The maximum absolute atomic E-state index is 13.0. The van der Waals surface area contributed by atoms with Crippen LogP contribution in [-0.2, 0) is 0 Å². The molecule has 0 aliphatic carbocycles. The highest BCUT2D eigenvalue weighted by atomic mass is 19.1. The second kappa shape index (κ2) is 6.30.